The molecule has 1 atom stereocenters. The third-order valence-electron chi connectivity index (χ3n) is 5.48. The van der Waals surface area contributed by atoms with Gasteiger partial charge in [0, 0.05) is 6.04 Å². The van der Waals surface area contributed by atoms with Gasteiger partial charge in [-0.25, -0.2) is 12.8 Å². The first-order valence-electron chi connectivity index (χ1n) is 11.3. The van der Waals surface area contributed by atoms with E-state index in [1.807, 2.05) is 13.8 Å². The predicted octanol–water partition coefficient (Wildman–Crippen LogP) is 4.20. The van der Waals surface area contributed by atoms with E-state index in [0.29, 0.717) is 5.75 Å². The Morgan fingerprint density at radius 1 is 1.00 bits per heavy atom. The largest absolute Gasteiger partial charge is 0.497 e. The van der Waals surface area contributed by atoms with E-state index in [4.69, 9.17) is 4.74 Å². The highest BCUT2D eigenvalue weighted by molar-refractivity contribution is 7.92. The third kappa shape index (κ3) is 6.39. The molecule has 8 nitrogen and oxygen atoms in total. The van der Waals surface area contributed by atoms with E-state index in [1.165, 1.54) is 19.2 Å². The molecule has 0 saturated heterocycles. The Morgan fingerprint density at radius 2 is 1.64 bits per heavy atom. The first-order valence-corrected chi connectivity index (χ1v) is 12.7. The van der Waals surface area contributed by atoms with E-state index in [-0.39, 0.29) is 33.8 Å². The van der Waals surface area contributed by atoms with Gasteiger partial charge >= 0.3 is 0 Å². The molecule has 0 bridgehead atoms. The number of sulfonamides is 1. The lowest BCUT2D eigenvalue weighted by atomic mass is 10.1. The Balaban J connectivity index is 1.91. The van der Waals surface area contributed by atoms with Crippen LogP contribution in [-0.2, 0) is 14.8 Å². The van der Waals surface area contributed by atoms with Gasteiger partial charge < -0.3 is 15.4 Å². The van der Waals surface area contributed by atoms with E-state index in [0.717, 1.165) is 35.0 Å². The number of methoxy groups -OCH3 is 1. The number of hydrogen-bond donors (Lipinski definition) is 2. The average Bonchev–Trinajstić information content (AvgIpc) is 2.87. The fraction of sp³-hybridized carbons (Fsp3) is 0.231. The summed E-state index contributed by atoms with van der Waals surface area (Å²) < 4.78 is 46.4. The van der Waals surface area contributed by atoms with Crippen molar-refractivity contribution in [3.8, 4) is 5.75 Å². The van der Waals surface area contributed by atoms with Gasteiger partial charge in [0.2, 0.25) is 5.91 Å². The number of halogens is 1. The molecule has 1 unspecified atom stereocenters. The van der Waals surface area contributed by atoms with Gasteiger partial charge in [-0.15, -0.1) is 0 Å². The number of para-hydroxylation sites is 1. The molecule has 36 heavy (non-hydrogen) atoms. The average molecular weight is 514 g/mol. The van der Waals surface area contributed by atoms with Gasteiger partial charge in [-0.2, -0.15) is 0 Å². The standard InChI is InChI=1S/C26H28FN3O5S/c1-4-18(2)28-26(32)23-7-5-6-8-24(23)29-25(31)17-30(20-11-13-21(35-3)14-12-20)36(33,34)22-15-9-19(27)10-16-22/h5-16,18H,4,17H2,1-3H3,(H,28,32)(H,29,31). The lowest BCUT2D eigenvalue weighted by molar-refractivity contribution is -0.114. The fourth-order valence-corrected chi connectivity index (χ4v) is 4.73. The van der Waals surface area contributed by atoms with Crippen molar-refractivity contribution in [3.05, 3.63) is 84.2 Å². The summed E-state index contributed by atoms with van der Waals surface area (Å²) in [4.78, 5) is 25.6. The minimum absolute atomic E-state index is 0.0623. The Morgan fingerprint density at radius 3 is 2.25 bits per heavy atom. The SMILES string of the molecule is CCC(C)NC(=O)c1ccccc1NC(=O)CN(c1ccc(OC)cc1)S(=O)(=O)c1ccc(F)cc1. The van der Waals surface area contributed by atoms with Gasteiger partial charge in [-0.3, -0.25) is 13.9 Å². The number of ether oxygens (including phenoxy) is 1. The van der Waals surface area contributed by atoms with Gasteiger partial charge in [0.05, 0.1) is 28.9 Å². The van der Waals surface area contributed by atoms with E-state index < -0.39 is 28.3 Å². The summed E-state index contributed by atoms with van der Waals surface area (Å²) in [5.74, 6) is -1.11. The zero-order valence-electron chi connectivity index (χ0n) is 20.2. The highest BCUT2D eigenvalue weighted by Crippen LogP contribution is 2.26. The van der Waals surface area contributed by atoms with Gasteiger partial charge in [0.25, 0.3) is 15.9 Å². The monoisotopic (exact) mass is 513 g/mol. The maximum absolute atomic E-state index is 13.4. The number of carbonyl (C=O) groups excluding carboxylic acids is 2. The highest BCUT2D eigenvalue weighted by atomic mass is 32.2. The van der Waals surface area contributed by atoms with Gasteiger partial charge in [-0.1, -0.05) is 19.1 Å². The Kier molecular flexibility index (Phi) is 8.65. The molecule has 0 aliphatic carbocycles. The number of benzene rings is 3. The molecule has 0 radical (unpaired) electrons. The molecule has 3 rings (SSSR count). The van der Waals surface area contributed by atoms with Crippen molar-refractivity contribution >= 4 is 33.2 Å². The number of amides is 2. The topological polar surface area (TPSA) is 105 Å². The number of nitrogens with one attached hydrogen (secondary N) is 2. The lowest BCUT2D eigenvalue weighted by Gasteiger charge is -2.24. The van der Waals surface area contributed by atoms with Gasteiger partial charge in [-0.05, 0) is 74.0 Å². The summed E-state index contributed by atoms with van der Waals surface area (Å²) in [6, 6.07) is 16.9. The molecule has 10 heteroatoms. The molecule has 0 heterocycles. The van der Waals surface area contributed by atoms with Crippen LogP contribution in [0.15, 0.2) is 77.7 Å². The number of hydrogen-bond acceptors (Lipinski definition) is 5. The number of carbonyl (C=O) groups is 2. The summed E-state index contributed by atoms with van der Waals surface area (Å²) >= 11 is 0. The molecule has 0 fully saturated rings. The van der Waals surface area contributed by atoms with Crippen molar-refractivity contribution in [3.63, 3.8) is 0 Å². The molecule has 0 spiro atoms. The molecule has 0 aromatic heterocycles. The smallest absolute Gasteiger partial charge is 0.264 e. The van der Waals surface area contributed by atoms with E-state index >= 15 is 0 Å². The zero-order chi connectivity index (χ0) is 26.3. The zero-order valence-corrected chi connectivity index (χ0v) is 21.0. The van der Waals surface area contributed by atoms with Crippen LogP contribution in [0.3, 0.4) is 0 Å². The summed E-state index contributed by atoms with van der Waals surface area (Å²) in [6.07, 6.45) is 0.734. The maximum Gasteiger partial charge on any atom is 0.264 e. The normalized spacial score (nSPS) is 11.9. The molecule has 2 amide bonds. The minimum atomic E-state index is -4.24. The number of rotatable bonds is 10. The van der Waals surface area contributed by atoms with E-state index in [2.05, 4.69) is 10.6 Å². The van der Waals surface area contributed by atoms with Crippen LogP contribution in [0.1, 0.15) is 30.6 Å². The van der Waals surface area contributed by atoms with Crippen LogP contribution in [0.4, 0.5) is 15.8 Å². The summed E-state index contributed by atoms with van der Waals surface area (Å²) in [5.41, 5.74) is 0.707. The summed E-state index contributed by atoms with van der Waals surface area (Å²) in [6.45, 7) is 3.22. The second-order valence-corrected chi connectivity index (χ2v) is 9.90. The van der Waals surface area contributed by atoms with Crippen molar-refractivity contribution in [1.82, 2.24) is 5.32 Å². The fourth-order valence-electron chi connectivity index (χ4n) is 3.31. The minimum Gasteiger partial charge on any atom is -0.497 e. The predicted molar refractivity (Wildman–Crippen MR) is 136 cm³/mol. The van der Waals surface area contributed by atoms with E-state index in [9.17, 15) is 22.4 Å². The first-order chi connectivity index (χ1) is 17.1. The van der Waals surface area contributed by atoms with Crippen LogP contribution in [0, 0.1) is 5.82 Å². The van der Waals surface area contributed by atoms with Crippen LogP contribution in [0.25, 0.3) is 0 Å². The molecule has 0 saturated carbocycles. The van der Waals surface area contributed by atoms with Crippen LogP contribution >= 0.6 is 0 Å². The van der Waals surface area contributed by atoms with Crippen LogP contribution < -0.4 is 19.7 Å². The van der Waals surface area contributed by atoms with Crippen molar-refractivity contribution in [2.75, 3.05) is 23.3 Å². The number of nitrogens with zero attached hydrogens (tertiary/aromatic N) is 1. The molecular formula is C26H28FN3O5S. The molecule has 190 valence electrons. The van der Waals surface area contributed by atoms with Crippen molar-refractivity contribution in [2.24, 2.45) is 0 Å². The second-order valence-electron chi connectivity index (χ2n) is 8.04. The molecule has 0 aliphatic heterocycles. The Labute approximate surface area is 210 Å². The summed E-state index contributed by atoms with van der Waals surface area (Å²) in [5, 5.41) is 5.50. The Hall–Kier alpha value is -3.92. The second kappa shape index (κ2) is 11.7. The molecule has 3 aromatic rings. The third-order valence-corrected chi connectivity index (χ3v) is 7.27. The van der Waals surface area contributed by atoms with Crippen molar-refractivity contribution < 1.29 is 27.1 Å². The van der Waals surface area contributed by atoms with Crippen molar-refractivity contribution in [1.29, 1.82) is 0 Å². The molecule has 0 aliphatic rings. The Bertz CT molecular complexity index is 1310. The first kappa shape index (κ1) is 26.7. The molecular weight excluding hydrogens is 485 g/mol. The van der Waals surface area contributed by atoms with Crippen LogP contribution in [0.5, 0.6) is 5.75 Å². The number of anilines is 2. The molecule has 3 aromatic carbocycles. The van der Waals surface area contributed by atoms with Crippen LogP contribution in [-0.4, -0.2) is 39.9 Å². The summed E-state index contributed by atoms with van der Waals surface area (Å²) in [7, 11) is -2.76. The van der Waals surface area contributed by atoms with E-state index in [1.54, 1.807) is 36.4 Å². The van der Waals surface area contributed by atoms with Crippen LogP contribution in [0.2, 0.25) is 0 Å². The van der Waals surface area contributed by atoms with Crippen molar-refractivity contribution in [2.45, 2.75) is 31.2 Å². The quantitative estimate of drug-likeness (QED) is 0.423. The lowest BCUT2D eigenvalue weighted by Crippen LogP contribution is -2.38. The molecule has 2 N–H and O–H groups in total. The van der Waals surface area contributed by atoms with Gasteiger partial charge in [0.1, 0.15) is 18.1 Å². The highest BCUT2D eigenvalue weighted by Gasteiger charge is 2.28. The van der Waals surface area contributed by atoms with Gasteiger partial charge in [0.15, 0.2) is 0 Å². The maximum atomic E-state index is 13.4.